The fraction of sp³-hybridized carbons (Fsp3) is 1.00. The van der Waals surface area contributed by atoms with Crippen molar-refractivity contribution in [2.45, 2.75) is 35.1 Å². The molecule has 5 N–H and O–H groups in total. The van der Waals surface area contributed by atoms with E-state index >= 15 is 0 Å². The van der Waals surface area contributed by atoms with Gasteiger partial charge in [-0.25, -0.2) is 0 Å². The predicted octanol–water partition coefficient (Wildman–Crippen LogP) is -0.851. The first-order valence-corrected chi connectivity index (χ1v) is 3.79. The molecule has 0 saturated heterocycles. The predicted molar refractivity (Wildman–Crippen MR) is 64.1 cm³/mol. The van der Waals surface area contributed by atoms with Gasteiger partial charge in [-0.1, -0.05) is 35.1 Å². The molecule has 9 heteroatoms. The summed E-state index contributed by atoms with van der Waals surface area (Å²) in [6.45, 7) is 4.25. The second-order valence-corrected chi connectivity index (χ2v) is 0.957. The molecule has 15 heavy (non-hydrogen) atoms. The van der Waals surface area contributed by atoms with Gasteiger partial charge >= 0.3 is 29.3 Å². The van der Waals surface area contributed by atoms with Crippen molar-refractivity contribution in [2.24, 2.45) is 0 Å². The number of rotatable bonds is 0. The molecule has 0 amide bonds. The Morgan fingerprint density at radius 3 is 1.00 bits per heavy atom. The van der Waals surface area contributed by atoms with E-state index in [4.69, 9.17) is 17.8 Å². The summed E-state index contributed by atoms with van der Waals surface area (Å²) in [5, 5.41) is 7.00. The third-order valence-electron chi connectivity index (χ3n) is 0. The molecule has 0 bridgehead atoms. The van der Waals surface area contributed by atoms with Gasteiger partial charge in [-0.3, -0.25) is 8.92 Å². The van der Waals surface area contributed by atoms with Gasteiger partial charge in [0, 0.05) is 24.5 Å². The summed E-state index contributed by atoms with van der Waals surface area (Å²) < 4.78 is 25.0. The molecule has 0 atom stereocenters. The van der Waals surface area contributed by atoms with Crippen molar-refractivity contribution >= 4 is 42.9 Å². The zero-order chi connectivity index (χ0) is 9.41. The molecule has 94 valence electrons. The van der Waals surface area contributed by atoms with Crippen molar-refractivity contribution in [3.05, 3.63) is 0 Å². The molecule has 0 aliphatic heterocycles. The summed E-state index contributed by atoms with van der Waals surface area (Å²) in [5.74, 6) is 0. The van der Waals surface area contributed by atoms with Crippen LogP contribution in [0.1, 0.15) is 35.1 Å². The van der Waals surface area contributed by atoms with E-state index in [2.05, 4.69) is 13.8 Å². The normalized spacial score (nSPS) is 2.33. The van der Waals surface area contributed by atoms with Crippen LogP contribution in [0, 0.1) is 0 Å². The third kappa shape index (κ3) is 7280. The van der Waals surface area contributed by atoms with Gasteiger partial charge < -0.3 is 16.1 Å². The first-order chi connectivity index (χ1) is 4.83. The van der Waals surface area contributed by atoms with Gasteiger partial charge in [0.2, 0.25) is 0 Å². The molecule has 0 aromatic carbocycles. The molecule has 0 fully saturated rings. The van der Waals surface area contributed by atoms with Gasteiger partial charge in [-0.05, 0) is 0 Å². The molecule has 0 aliphatic rings. The zero-order valence-corrected chi connectivity index (χ0v) is 11.3. The van der Waals surface area contributed by atoms with E-state index in [1.807, 2.05) is 0 Å². The van der Waals surface area contributed by atoms with Crippen LogP contribution in [0.2, 0.25) is 0 Å². The average molecular weight is 274 g/mol. The summed E-state index contributed by atoms with van der Waals surface area (Å²) in [4.78, 5) is 0. The van der Waals surface area contributed by atoms with Crippen LogP contribution in [0.5, 0.6) is 0 Å². The minimum absolute atomic E-state index is 0. The molecule has 6 nitrogen and oxygen atoms in total. The first-order valence-electron chi connectivity index (χ1n) is 2.51. The van der Waals surface area contributed by atoms with Crippen LogP contribution in [0.4, 0.5) is 0 Å². The van der Waals surface area contributed by atoms with E-state index in [0.29, 0.717) is 0 Å². The van der Waals surface area contributed by atoms with Crippen molar-refractivity contribution in [3.63, 3.8) is 0 Å². The molecular formula is C6H24Al2O6Si. The Kier molecular flexibility index (Phi) is 2090. The van der Waals surface area contributed by atoms with Crippen molar-refractivity contribution in [3.8, 4) is 0 Å². The van der Waals surface area contributed by atoms with E-state index in [9.17, 15) is 0 Å². The van der Waals surface area contributed by atoms with Crippen LogP contribution in [-0.4, -0.2) is 66.0 Å². The molecule has 0 heterocycles. The Labute approximate surface area is 114 Å². The SMILES string of the molecule is C.C.CCC.CO.O.O.O=[Si]=O.[Al].[O]=[Al]. The summed E-state index contributed by atoms with van der Waals surface area (Å²) in [6, 6.07) is 0. The van der Waals surface area contributed by atoms with Crippen molar-refractivity contribution in [2.75, 3.05) is 7.11 Å². The fourth-order valence-electron chi connectivity index (χ4n) is 0. The monoisotopic (exact) mass is 274 g/mol. The molecule has 0 rings (SSSR count). The number of hydrogen-bond donors (Lipinski definition) is 1. The minimum atomic E-state index is -1.42. The van der Waals surface area contributed by atoms with Crippen LogP contribution in [0.25, 0.3) is 0 Å². The molecule has 4 radical (unpaired) electrons. The molecule has 0 aromatic rings. The van der Waals surface area contributed by atoms with Gasteiger partial charge in [-0.15, -0.1) is 0 Å². The van der Waals surface area contributed by atoms with E-state index in [1.165, 1.54) is 22.6 Å². The number of aliphatic hydroxyl groups is 1. The maximum absolute atomic E-state index is 8.40. The van der Waals surface area contributed by atoms with Crippen LogP contribution in [0.15, 0.2) is 0 Å². The quantitative estimate of drug-likeness (QED) is 0.575. The Morgan fingerprint density at radius 2 is 1.00 bits per heavy atom. The average Bonchev–Trinajstić information content (AvgIpc) is 1.99. The first kappa shape index (κ1) is 76.6. The van der Waals surface area contributed by atoms with E-state index in [-0.39, 0.29) is 43.2 Å². The third-order valence-corrected chi connectivity index (χ3v) is 0. The maximum atomic E-state index is 8.40. The summed E-state index contributed by atoms with van der Waals surface area (Å²) in [5.41, 5.74) is 0. The molecule has 0 spiro atoms. The number of hydrogen-bond acceptors (Lipinski definition) is 4. The molecule has 0 aliphatic carbocycles. The van der Waals surface area contributed by atoms with Gasteiger partial charge in [0.1, 0.15) is 0 Å². The second-order valence-electron chi connectivity index (χ2n) is 0.790. The number of aliphatic hydroxyl groups excluding tert-OH is 1. The van der Waals surface area contributed by atoms with Crippen molar-refractivity contribution < 1.29 is 28.8 Å². The molecule has 0 unspecified atom stereocenters. The van der Waals surface area contributed by atoms with Gasteiger partial charge in [0.25, 0.3) is 0 Å². The summed E-state index contributed by atoms with van der Waals surface area (Å²) in [7, 11) is -0.417. The Morgan fingerprint density at radius 1 is 1.00 bits per heavy atom. The van der Waals surface area contributed by atoms with E-state index in [1.54, 1.807) is 0 Å². The van der Waals surface area contributed by atoms with Crippen molar-refractivity contribution in [1.29, 1.82) is 0 Å². The Bertz CT molecular complexity index is 63.6. The second kappa shape index (κ2) is 408. The molecular weight excluding hydrogens is 250 g/mol. The Hall–Kier alpha value is 0.562. The molecule has 0 aromatic heterocycles. The van der Waals surface area contributed by atoms with Crippen LogP contribution < -0.4 is 0 Å². The van der Waals surface area contributed by atoms with Gasteiger partial charge in [0.05, 0.1) is 0 Å². The van der Waals surface area contributed by atoms with E-state index < -0.39 is 9.29 Å². The summed E-state index contributed by atoms with van der Waals surface area (Å²) >= 11 is 1.17. The van der Waals surface area contributed by atoms with Crippen LogP contribution >= 0.6 is 0 Å². The zero-order valence-electron chi connectivity index (χ0n) is 8.03. The standard InChI is InChI=1S/C3H8.CH4O.2CH4.2Al.O2Si.2H2O.O/c1-3-2;1-2;;;;;1-3-2;;;/h3H2,1-2H3;2H,1H3;2*1H4;;;;2*1H2;. The van der Waals surface area contributed by atoms with Gasteiger partial charge in [-0.2, -0.15) is 0 Å². The topological polar surface area (TPSA) is 134 Å². The van der Waals surface area contributed by atoms with Crippen LogP contribution in [-0.2, 0) is 12.7 Å². The Balaban J connectivity index is -0.00000000418. The van der Waals surface area contributed by atoms with Gasteiger partial charge in [0.15, 0.2) is 0 Å². The molecule has 0 saturated carbocycles. The summed E-state index contributed by atoms with van der Waals surface area (Å²) in [6.07, 6.45) is 1.25. The van der Waals surface area contributed by atoms with E-state index in [0.717, 1.165) is 7.11 Å². The van der Waals surface area contributed by atoms with Crippen molar-refractivity contribution in [1.82, 2.24) is 0 Å². The fourth-order valence-corrected chi connectivity index (χ4v) is 0. The van der Waals surface area contributed by atoms with Crippen LogP contribution in [0.3, 0.4) is 0 Å².